The number of anilines is 1. The molecule has 1 fully saturated rings. The molecule has 0 amide bonds. The van der Waals surface area contributed by atoms with Gasteiger partial charge in [-0.3, -0.25) is 0 Å². The lowest BCUT2D eigenvalue weighted by atomic mass is 10.2. The minimum absolute atomic E-state index is 0.568. The minimum atomic E-state index is 0.568. The summed E-state index contributed by atoms with van der Waals surface area (Å²) >= 11 is 0. The zero-order valence-electron chi connectivity index (χ0n) is 10.5. The fourth-order valence-electron chi connectivity index (χ4n) is 2.45. The molecule has 1 N–H and O–H groups in total. The van der Waals surface area contributed by atoms with Gasteiger partial charge in [0, 0.05) is 30.9 Å². The van der Waals surface area contributed by atoms with Crippen molar-refractivity contribution in [2.45, 2.75) is 39.3 Å². The molecule has 2 rings (SSSR count). The Labute approximate surface area is 98.7 Å². The molecule has 1 heterocycles. The monoisotopic (exact) mass is 218 g/mol. The zero-order chi connectivity index (χ0) is 11.5. The number of hydrogen-bond donors (Lipinski definition) is 1. The van der Waals surface area contributed by atoms with Crippen LogP contribution in [0.4, 0.5) is 5.69 Å². The van der Waals surface area contributed by atoms with E-state index in [9.17, 15) is 0 Å². The maximum absolute atomic E-state index is 3.61. The predicted molar refractivity (Wildman–Crippen MR) is 70.1 cm³/mol. The van der Waals surface area contributed by atoms with E-state index in [-0.39, 0.29) is 0 Å². The Kier molecular flexibility index (Phi) is 3.49. The van der Waals surface area contributed by atoms with Gasteiger partial charge in [0.25, 0.3) is 0 Å². The van der Waals surface area contributed by atoms with E-state index in [1.54, 1.807) is 0 Å². The van der Waals surface area contributed by atoms with Crippen molar-refractivity contribution in [3.63, 3.8) is 0 Å². The van der Waals surface area contributed by atoms with E-state index in [0.29, 0.717) is 12.1 Å². The molecular formula is C14H22N2. The predicted octanol–water partition coefficient (Wildman–Crippen LogP) is 2.57. The van der Waals surface area contributed by atoms with E-state index in [1.807, 2.05) is 0 Å². The second-order valence-corrected chi connectivity index (χ2v) is 5.04. The molecule has 16 heavy (non-hydrogen) atoms. The van der Waals surface area contributed by atoms with Gasteiger partial charge < -0.3 is 10.2 Å². The van der Waals surface area contributed by atoms with Crippen LogP contribution in [-0.4, -0.2) is 25.2 Å². The van der Waals surface area contributed by atoms with Gasteiger partial charge in [0.2, 0.25) is 0 Å². The van der Waals surface area contributed by atoms with Gasteiger partial charge in [-0.15, -0.1) is 0 Å². The van der Waals surface area contributed by atoms with Gasteiger partial charge in [-0.05, 0) is 44.9 Å². The van der Waals surface area contributed by atoms with Gasteiger partial charge in [-0.2, -0.15) is 0 Å². The van der Waals surface area contributed by atoms with Gasteiger partial charge in [0.05, 0.1) is 0 Å². The highest BCUT2D eigenvalue weighted by molar-refractivity contribution is 5.48. The zero-order valence-corrected chi connectivity index (χ0v) is 10.5. The molecule has 2 heteroatoms. The first kappa shape index (κ1) is 11.5. The third-order valence-electron chi connectivity index (χ3n) is 3.26. The highest BCUT2D eigenvalue weighted by Gasteiger charge is 2.18. The Morgan fingerprint density at radius 3 is 2.81 bits per heavy atom. The molecule has 0 spiro atoms. The minimum Gasteiger partial charge on any atom is -0.370 e. The number of nitrogens with one attached hydrogen (secondary N) is 1. The molecule has 2 atom stereocenters. The Hall–Kier alpha value is -1.02. The molecule has 0 aromatic heterocycles. The topological polar surface area (TPSA) is 15.3 Å². The van der Waals surface area contributed by atoms with Crippen LogP contribution in [0.5, 0.6) is 0 Å². The average molecular weight is 218 g/mol. The first-order chi connectivity index (χ1) is 7.65. The lowest BCUT2D eigenvalue weighted by Crippen LogP contribution is -2.37. The third kappa shape index (κ3) is 2.76. The second kappa shape index (κ2) is 4.88. The van der Waals surface area contributed by atoms with Crippen LogP contribution in [0, 0.1) is 6.92 Å². The van der Waals surface area contributed by atoms with Crippen LogP contribution in [0.1, 0.15) is 25.8 Å². The number of nitrogens with zero attached hydrogens (tertiary/aromatic N) is 1. The summed E-state index contributed by atoms with van der Waals surface area (Å²) in [5.41, 5.74) is 2.71. The molecule has 88 valence electrons. The molecule has 0 saturated carbocycles. The van der Waals surface area contributed by atoms with E-state index in [2.05, 4.69) is 55.3 Å². The van der Waals surface area contributed by atoms with Crippen LogP contribution < -0.4 is 10.2 Å². The van der Waals surface area contributed by atoms with Crippen molar-refractivity contribution in [2.75, 3.05) is 18.0 Å². The number of rotatable bonds is 1. The van der Waals surface area contributed by atoms with Crippen LogP contribution in [0.2, 0.25) is 0 Å². The standard InChI is InChI=1S/C14H22N2/c1-11-5-4-6-14(9-11)16-8-7-12(2)15-13(3)10-16/h4-6,9,12-13,15H,7-8,10H2,1-3H3. The van der Waals surface area contributed by atoms with E-state index < -0.39 is 0 Å². The fourth-order valence-corrected chi connectivity index (χ4v) is 2.45. The van der Waals surface area contributed by atoms with Crippen molar-refractivity contribution in [3.05, 3.63) is 29.8 Å². The Morgan fingerprint density at radius 1 is 1.25 bits per heavy atom. The average Bonchev–Trinajstić information content (AvgIpc) is 2.39. The van der Waals surface area contributed by atoms with Crippen LogP contribution in [-0.2, 0) is 0 Å². The number of aryl methyl sites for hydroxylation is 1. The van der Waals surface area contributed by atoms with Gasteiger partial charge in [-0.1, -0.05) is 12.1 Å². The second-order valence-electron chi connectivity index (χ2n) is 5.04. The Balaban J connectivity index is 2.14. The molecule has 1 aliphatic rings. The number of hydrogen-bond acceptors (Lipinski definition) is 2. The fraction of sp³-hybridized carbons (Fsp3) is 0.571. The molecule has 1 aromatic rings. The maximum atomic E-state index is 3.61. The highest BCUT2D eigenvalue weighted by Crippen LogP contribution is 2.18. The third-order valence-corrected chi connectivity index (χ3v) is 3.26. The van der Waals surface area contributed by atoms with Crippen LogP contribution in [0.25, 0.3) is 0 Å². The quantitative estimate of drug-likeness (QED) is 0.779. The van der Waals surface area contributed by atoms with Crippen LogP contribution in [0.15, 0.2) is 24.3 Å². The smallest absolute Gasteiger partial charge is 0.0369 e. The summed E-state index contributed by atoms with van der Waals surface area (Å²) in [6.07, 6.45) is 1.22. The molecule has 1 saturated heterocycles. The normalized spacial score (nSPS) is 26.6. The van der Waals surface area contributed by atoms with E-state index in [4.69, 9.17) is 0 Å². The SMILES string of the molecule is Cc1cccc(N2CCC(C)NC(C)C2)c1. The van der Waals surface area contributed by atoms with E-state index in [1.165, 1.54) is 17.7 Å². The Bertz CT molecular complexity index is 348. The molecule has 0 bridgehead atoms. The molecule has 0 radical (unpaired) electrons. The summed E-state index contributed by atoms with van der Waals surface area (Å²) in [4.78, 5) is 2.49. The summed E-state index contributed by atoms with van der Waals surface area (Å²) in [6.45, 7) is 8.96. The molecular weight excluding hydrogens is 196 g/mol. The highest BCUT2D eigenvalue weighted by atomic mass is 15.2. The van der Waals surface area contributed by atoms with Crippen LogP contribution >= 0.6 is 0 Å². The van der Waals surface area contributed by atoms with Crippen LogP contribution in [0.3, 0.4) is 0 Å². The first-order valence-corrected chi connectivity index (χ1v) is 6.23. The molecule has 2 unspecified atom stereocenters. The van der Waals surface area contributed by atoms with Gasteiger partial charge in [-0.25, -0.2) is 0 Å². The summed E-state index contributed by atoms with van der Waals surface area (Å²) in [7, 11) is 0. The van der Waals surface area contributed by atoms with Gasteiger partial charge in [0.1, 0.15) is 0 Å². The largest absolute Gasteiger partial charge is 0.370 e. The molecule has 1 aromatic carbocycles. The molecule has 2 nitrogen and oxygen atoms in total. The number of benzene rings is 1. The van der Waals surface area contributed by atoms with E-state index >= 15 is 0 Å². The van der Waals surface area contributed by atoms with E-state index in [0.717, 1.165) is 13.1 Å². The summed E-state index contributed by atoms with van der Waals surface area (Å²) in [5, 5.41) is 3.61. The molecule has 1 aliphatic heterocycles. The lowest BCUT2D eigenvalue weighted by molar-refractivity contribution is 0.492. The van der Waals surface area contributed by atoms with Crippen molar-refractivity contribution in [3.8, 4) is 0 Å². The summed E-state index contributed by atoms with van der Waals surface area (Å²) < 4.78 is 0. The molecule has 0 aliphatic carbocycles. The summed E-state index contributed by atoms with van der Waals surface area (Å²) in [5.74, 6) is 0. The van der Waals surface area contributed by atoms with Crippen molar-refractivity contribution in [1.82, 2.24) is 5.32 Å². The Morgan fingerprint density at radius 2 is 2.06 bits per heavy atom. The van der Waals surface area contributed by atoms with Crippen molar-refractivity contribution < 1.29 is 0 Å². The van der Waals surface area contributed by atoms with Gasteiger partial charge >= 0.3 is 0 Å². The van der Waals surface area contributed by atoms with Crippen molar-refractivity contribution in [1.29, 1.82) is 0 Å². The maximum Gasteiger partial charge on any atom is 0.0369 e. The van der Waals surface area contributed by atoms with Crippen molar-refractivity contribution >= 4 is 5.69 Å². The summed E-state index contributed by atoms with van der Waals surface area (Å²) in [6, 6.07) is 10.0. The van der Waals surface area contributed by atoms with Gasteiger partial charge in [0.15, 0.2) is 0 Å². The first-order valence-electron chi connectivity index (χ1n) is 6.23. The van der Waals surface area contributed by atoms with Crippen molar-refractivity contribution in [2.24, 2.45) is 0 Å². The lowest BCUT2D eigenvalue weighted by Gasteiger charge is -2.25.